The summed E-state index contributed by atoms with van der Waals surface area (Å²) < 4.78 is 11.0. The number of ether oxygens (including phenoxy) is 2. The Kier molecular flexibility index (Phi) is 9.95. The number of amides is 2. The molecule has 11 heteroatoms. The molecule has 0 spiro atoms. The molecular weight excluding hydrogens is 662 g/mol. The van der Waals surface area contributed by atoms with Crippen LogP contribution in [0.2, 0.25) is 0 Å². The second kappa shape index (κ2) is 15.0. The smallest absolute Gasteiger partial charge is 0.336 e. The van der Waals surface area contributed by atoms with Crippen LogP contribution in [0.3, 0.4) is 0 Å². The summed E-state index contributed by atoms with van der Waals surface area (Å²) in [6, 6.07) is 36.7. The van der Waals surface area contributed by atoms with Crippen LogP contribution in [-0.2, 0) is 0 Å². The molecule has 2 amide bonds. The molecule has 6 rings (SSSR count). The van der Waals surface area contributed by atoms with Crippen LogP contribution in [0.25, 0.3) is 22.3 Å². The Morgan fingerprint density at radius 1 is 0.500 bits per heavy atom. The molecule has 0 atom stereocenters. The Bertz CT molecular complexity index is 2340. The largest absolute Gasteiger partial charge is 0.497 e. The monoisotopic (exact) mass is 693 g/mol. The fourth-order valence-corrected chi connectivity index (χ4v) is 5.50. The van der Waals surface area contributed by atoms with Gasteiger partial charge in [-0.15, -0.1) is 0 Å². The van der Waals surface area contributed by atoms with Gasteiger partial charge in [-0.05, 0) is 113 Å². The molecule has 0 radical (unpaired) electrons. The molecule has 0 aliphatic rings. The molecule has 6 N–H and O–H groups in total. The summed E-state index contributed by atoms with van der Waals surface area (Å²) in [5, 5.41) is 25.1. The summed E-state index contributed by atoms with van der Waals surface area (Å²) in [6.07, 6.45) is 0. The lowest BCUT2D eigenvalue weighted by atomic mass is 9.98. The molecule has 0 aliphatic heterocycles. The molecule has 0 unspecified atom stereocenters. The van der Waals surface area contributed by atoms with Gasteiger partial charge in [0.15, 0.2) is 0 Å². The number of hydrogen-bond acceptors (Lipinski definition) is 7. The summed E-state index contributed by atoms with van der Waals surface area (Å²) in [4.78, 5) is 50.8. The maximum Gasteiger partial charge on any atom is 0.336 e. The molecule has 0 aliphatic carbocycles. The van der Waals surface area contributed by atoms with Crippen LogP contribution in [0.1, 0.15) is 41.4 Å². The SMILES string of the molecule is COc1ccc(NC(=O)c2cc(Oc3ccc(C(=O)O)c(C(=O)Nc4cccc(-c5cccc(-c6cccc(N)c6)c5)c4)c3)ccc2C(=O)O)cc1. The van der Waals surface area contributed by atoms with Crippen LogP contribution in [-0.4, -0.2) is 41.1 Å². The first-order valence-corrected chi connectivity index (χ1v) is 15.8. The molecule has 0 bridgehead atoms. The lowest BCUT2D eigenvalue weighted by Gasteiger charge is -2.14. The van der Waals surface area contributed by atoms with E-state index in [1.54, 1.807) is 42.5 Å². The van der Waals surface area contributed by atoms with Crippen molar-refractivity contribution in [3.8, 4) is 39.5 Å². The molecule has 0 saturated carbocycles. The van der Waals surface area contributed by atoms with E-state index >= 15 is 0 Å². The van der Waals surface area contributed by atoms with Gasteiger partial charge in [-0.1, -0.05) is 42.5 Å². The third-order valence-electron chi connectivity index (χ3n) is 8.05. The third kappa shape index (κ3) is 7.90. The number of carbonyl (C=O) groups is 4. The van der Waals surface area contributed by atoms with Crippen LogP contribution >= 0.6 is 0 Å². The molecular formula is C41H31N3O8. The number of hydrogen-bond donors (Lipinski definition) is 5. The number of nitrogen functional groups attached to an aromatic ring is 1. The van der Waals surface area contributed by atoms with E-state index in [1.807, 2.05) is 54.6 Å². The Morgan fingerprint density at radius 2 is 0.962 bits per heavy atom. The van der Waals surface area contributed by atoms with E-state index in [9.17, 15) is 29.4 Å². The predicted octanol–water partition coefficient (Wildman–Crippen LogP) is 8.30. The van der Waals surface area contributed by atoms with Gasteiger partial charge in [0.1, 0.15) is 17.2 Å². The van der Waals surface area contributed by atoms with Crippen molar-refractivity contribution in [2.24, 2.45) is 0 Å². The number of carboxylic acids is 2. The van der Waals surface area contributed by atoms with Gasteiger partial charge in [-0.3, -0.25) is 9.59 Å². The third-order valence-corrected chi connectivity index (χ3v) is 8.05. The number of benzene rings is 6. The molecule has 0 aromatic heterocycles. The number of anilines is 3. The number of carbonyl (C=O) groups excluding carboxylic acids is 2. The molecule has 52 heavy (non-hydrogen) atoms. The van der Waals surface area contributed by atoms with E-state index in [4.69, 9.17) is 15.2 Å². The molecule has 6 aromatic carbocycles. The Hall–Kier alpha value is -7.40. The fraction of sp³-hybridized carbons (Fsp3) is 0.0244. The van der Waals surface area contributed by atoms with E-state index in [2.05, 4.69) is 10.6 Å². The van der Waals surface area contributed by atoms with E-state index in [-0.39, 0.29) is 33.8 Å². The number of nitrogens with one attached hydrogen (secondary N) is 2. The Morgan fingerprint density at radius 3 is 1.48 bits per heavy atom. The molecule has 6 aromatic rings. The van der Waals surface area contributed by atoms with E-state index in [0.717, 1.165) is 22.3 Å². The first-order chi connectivity index (χ1) is 25.1. The van der Waals surface area contributed by atoms with Gasteiger partial charge in [0.25, 0.3) is 11.8 Å². The molecule has 11 nitrogen and oxygen atoms in total. The molecule has 0 saturated heterocycles. The summed E-state index contributed by atoms with van der Waals surface area (Å²) in [5.74, 6) is -3.32. The van der Waals surface area contributed by atoms with Gasteiger partial charge in [0.2, 0.25) is 0 Å². The van der Waals surface area contributed by atoms with Crippen LogP contribution in [0.5, 0.6) is 17.2 Å². The fourth-order valence-electron chi connectivity index (χ4n) is 5.50. The minimum atomic E-state index is -1.33. The van der Waals surface area contributed by atoms with Crippen molar-refractivity contribution >= 4 is 40.8 Å². The quantitative estimate of drug-likeness (QED) is 0.0835. The second-order valence-corrected chi connectivity index (χ2v) is 11.6. The van der Waals surface area contributed by atoms with Crippen molar-refractivity contribution in [3.05, 3.63) is 156 Å². The highest BCUT2D eigenvalue weighted by atomic mass is 16.5. The number of nitrogens with two attached hydrogens (primary N) is 1. The van der Waals surface area contributed by atoms with Crippen LogP contribution in [0.15, 0.2) is 133 Å². The zero-order chi connectivity index (χ0) is 36.8. The van der Waals surface area contributed by atoms with Crippen molar-refractivity contribution in [1.82, 2.24) is 0 Å². The summed E-state index contributed by atoms with van der Waals surface area (Å²) >= 11 is 0. The van der Waals surface area contributed by atoms with E-state index in [0.29, 0.717) is 22.8 Å². The number of aromatic carboxylic acids is 2. The average molecular weight is 694 g/mol. The van der Waals surface area contributed by atoms with Gasteiger partial charge in [-0.25, -0.2) is 9.59 Å². The lowest BCUT2D eigenvalue weighted by molar-refractivity contribution is 0.0683. The lowest BCUT2D eigenvalue weighted by Crippen LogP contribution is -2.17. The van der Waals surface area contributed by atoms with Crippen molar-refractivity contribution in [2.75, 3.05) is 23.5 Å². The average Bonchev–Trinajstić information content (AvgIpc) is 3.15. The number of carboxylic acid groups (broad SMARTS) is 2. The topological polar surface area (TPSA) is 177 Å². The molecule has 0 fully saturated rings. The zero-order valence-corrected chi connectivity index (χ0v) is 27.6. The Labute approximate surface area is 297 Å². The van der Waals surface area contributed by atoms with Gasteiger partial charge >= 0.3 is 11.9 Å². The maximum atomic E-state index is 13.6. The minimum Gasteiger partial charge on any atom is -0.497 e. The van der Waals surface area contributed by atoms with Gasteiger partial charge in [0, 0.05) is 17.1 Å². The normalized spacial score (nSPS) is 10.6. The standard InChI is InChI=1S/C41H31N3O8/c1-51-31-13-11-29(12-14-31)43-38(45)36-22-32(15-17-34(36)40(47)48)52-33-16-18-35(41(49)50)37(23-33)39(46)44-30-10-4-8-27(21-30)25-6-2-5-24(19-25)26-7-3-9-28(42)20-26/h2-23H,42H2,1H3,(H,43,45)(H,44,46)(H,47,48)(H,49,50). The van der Waals surface area contributed by atoms with Gasteiger partial charge in [-0.2, -0.15) is 0 Å². The van der Waals surface area contributed by atoms with Crippen LogP contribution < -0.4 is 25.8 Å². The Balaban J connectivity index is 1.24. The maximum absolute atomic E-state index is 13.6. The highest BCUT2D eigenvalue weighted by Crippen LogP contribution is 2.31. The van der Waals surface area contributed by atoms with Crippen molar-refractivity contribution in [1.29, 1.82) is 0 Å². The van der Waals surface area contributed by atoms with Gasteiger partial charge < -0.3 is 36.1 Å². The summed E-state index contributed by atoms with van der Waals surface area (Å²) in [7, 11) is 1.51. The predicted molar refractivity (Wildman–Crippen MR) is 198 cm³/mol. The van der Waals surface area contributed by atoms with Crippen molar-refractivity contribution < 1.29 is 38.9 Å². The van der Waals surface area contributed by atoms with Crippen LogP contribution in [0, 0.1) is 0 Å². The second-order valence-electron chi connectivity index (χ2n) is 11.6. The van der Waals surface area contributed by atoms with Crippen LogP contribution in [0.4, 0.5) is 17.1 Å². The highest BCUT2D eigenvalue weighted by molar-refractivity contribution is 6.12. The first-order valence-electron chi connectivity index (χ1n) is 15.8. The number of methoxy groups -OCH3 is 1. The number of rotatable bonds is 11. The summed E-state index contributed by atoms with van der Waals surface area (Å²) in [5.41, 5.74) is 10.2. The molecule has 0 heterocycles. The van der Waals surface area contributed by atoms with E-state index < -0.39 is 23.8 Å². The zero-order valence-electron chi connectivity index (χ0n) is 27.6. The highest BCUT2D eigenvalue weighted by Gasteiger charge is 2.21. The van der Waals surface area contributed by atoms with Crippen molar-refractivity contribution in [3.63, 3.8) is 0 Å². The summed E-state index contributed by atoms with van der Waals surface area (Å²) in [6.45, 7) is 0. The first kappa shape index (κ1) is 34.5. The molecule has 258 valence electrons. The van der Waals surface area contributed by atoms with Crippen molar-refractivity contribution in [2.45, 2.75) is 0 Å². The van der Waals surface area contributed by atoms with Gasteiger partial charge in [0.05, 0.1) is 29.4 Å². The minimum absolute atomic E-state index is 0.0758. The van der Waals surface area contributed by atoms with E-state index in [1.165, 1.54) is 43.5 Å².